The second kappa shape index (κ2) is 8.23. The van der Waals surface area contributed by atoms with Crippen molar-refractivity contribution in [3.05, 3.63) is 29.8 Å². The number of amides is 2. The van der Waals surface area contributed by atoms with Crippen LogP contribution in [0.2, 0.25) is 0 Å². The molecule has 0 heterocycles. The lowest BCUT2D eigenvalue weighted by atomic mass is 9.84. The fraction of sp³-hybridized carbons (Fsp3) is 0.529. The zero-order valence-corrected chi connectivity index (χ0v) is 13.6. The van der Waals surface area contributed by atoms with Crippen LogP contribution in [-0.4, -0.2) is 39.2 Å². The summed E-state index contributed by atoms with van der Waals surface area (Å²) >= 11 is 0. The van der Waals surface area contributed by atoms with E-state index in [0.29, 0.717) is 17.3 Å². The van der Waals surface area contributed by atoms with Gasteiger partial charge in [0.1, 0.15) is 11.9 Å². The van der Waals surface area contributed by atoms with Gasteiger partial charge >= 0.3 is 0 Å². The highest BCUT2D eigenvalue weighted by Gasteiger charge is 2.32. The molecule has 7 nitrogen and oxygen atoms in total. The van der Waals surface area contributed by atoms with Crippen LogP contribution in [0.15, 0.2) is 24.3 Å². The molecule has 0 aromatic heterocycles. The smallest absolute Gasteiger partial charge is 0.278 e. The molecule has 1 fully saturated rings. The van der Waals surface area contributed by atoms with Gasteiger partial charge in [-0.15, -0.1) is 0 Å². The Kier molecular flexibility index (Phi) is 6.30. The Balaban J connectivity index is 1.98. The van der Waals surface area contributed by atoms with Crippen LogP contribution >= 0.6 is 0 Å². The van der Waals surface area contributed by atoms with Crippen LogP contribution in [0.5, 0.6) is 5.75 Å². The van der Waals surface area contributed by atoms with E-state index in [1.54, 1.807) is 6.07 Å². The summed E-state index contributed by atoms with van der Waals surface area (Å²) in [5, 5.41) is 20.1. The number of hydrazine groups is 1. The monoisotopic (exact) mass is 335 g/mol. The maximum absolute atomic E-state index is 12.2. The lowest BCUT2D eigenvalue weighted by molar-refractivity contribution is -0.138. The lowest BCUT2D eigenvalue weighted by Gasteiger charge is -2.28. The molecule has 0 radical (unpaired) electrons. The van der Waals surface area contributed by atoms with Crippen molar-refractivity contribution in [3.63, 3.8) is 0 Å². The number of phenols is 1. The summed E-state index contributed by atoms with van der Waals surface area (Å²) < 4.78 is 0. The van der Waals surface area contributed by atoms with E-state index in [1.165, 1.54) is 24.6 Å². The first-order valence-electron chi connectivity index (χ1n) is 8.26. The molecule has 1 aliphatic carbocycles. The lowest BCUT2D eigenvalue weighted by Crippen LogP contribution is -2.53. The van der Waals surface area contributed by atoms with Gasteiger partial charge in [-0.05, 0) is 24.5 Å². The molecular formula is C17H25N3O4. The fourth-order valence-electron chi connectivity index (χ4n) is 3.15. The van der Waals surface area contributed by atoms with Crippen molar-refractivity contribution in [2.75, 3.05) is 0 Å². The van der Waals surface area contributed by atoms with Gasteiger partial charge in [0.25, 0.3) is 11.8 Å². The second-order valence-electron chi connectivity index (χ2n) is 6.38. The van der Waals surface area contributed by atoms with Crippen LogP contribution in [0, 0.1) is 5.92 Å². The number of benzene rings is 1. The zero-order chi connectivity index (χ0) is 17.7. The zero-order valence-electron chi connectivity index (χ0n) is 13.6. The summed E-state index contributed by atoms with van der Waals surface area (Å²) in [5.74, 6) is 3.79. The van der Waals surface area contributed by atoms with Gasteiger partial charge in [-0.2, -0.15) is 0 Å². The van der Waals surface area contributed by atoms with E-state index in [0.717, 1.165) is 25.7 Å². The normalized spacial score (nSPS) is 18.0. The number of nitrogens with zero attached hydrogens (tertiary/aromatic N) is 1. The summed E-state index contributed by atoms with van der Waals surface area (Å²) in [6, 6.07) is 4.97. The maximum atomic E-state index is 12.2. The largest absolute Gasteiger partial charge is 0.507 e. The van der Waals surface area contributed by atoms with Crippen LogP contribution in [0.3, 0.4) is 0 Å². The van der Waals surface area contributed by atoms with E-state index >= 15 is 0 Å². The van der Waals surface area contributed by atoms with Crippen molar-refractivity contribution < 1.29 is 19.8 Å². The minimum Gasteiger partial charge on any atom is -0.507 e. The first-order valence-corrected chi connectivity index (χ1v) is 8.26. The summed E-state index contributed by atoms with van der Waals surface area (Å²) in [6.07, 6.45) is 4.53. The first-order chi connectivity index (χ1) is 11.4. The summed E-state index contributed by atoms with van der Waals surface area (Å²) in [7, 11) is 0. The van der Waals surface area contributed by atoms with E-state index in [4.69, 9.17) is 11.6 Å². The summed E-state index contributed by atoms with van der Waals surface area (Å²) in [6.45, 7) is 0. The van der Waals surface area contributed by atoms with Crippen LogP contribution < -0.4 is 11.6 Å². The second-order valence-corrected chi connectivity index (χ2v) is 6.38. The Morgan fingerprint density at radius 3 is 2.46 bits per heavy atom. The third-order valence-corrected chi connectivity index (χ3v) is 4.58. The average Bonchev–Trinajstić information content (AvgIpc) is 2.60. The number of carbonyl (C=O) groups is 2. The molecule has 0 aliphatic heterocycles. The number of rotatable bonds is 5. The van der Waals surface area contributed by atoms with E-state index < -0.39 is 24.0 Å². The van der Waals surface area contributed by atoms with Crippen LogP contribution in [-0.2, 0) is 4.79 Å². The summed E-state index contributed by atoms with van der Waals surface area (Å²) in [4.78, 5) is 24.4. The van der Waals surface area contributed by atoms with Crippen molar-refractivity contribution >= 4 is 11.8 Å². The molecule has 1 aliphatic rings. The molecule has 1 saturated carbocycles. The van der Waals surface area contributed by atoms with Crippen molar-refractivity contribution in [2.24, 2.45) is 17.5 Å². The van der Waals surface area contributed by atoms with Crippen LogP contribution in [0.25, 0.3) is 0 Å². The van der Waals surface area contributed by atoms with Crippen LogP contribution in [0.4, 0.5) is 0 Å². The fourth-order valence-corrected chi connectivity index (χ4v) is 3.15. The molecule has 6 N–H and O–H groups in total. The van der Waals surface area contributed by atoms with Crippen LogP contribution in [0.1, 0.15) is 48.9 Å². The molecule has 1 aromatic carbocycles. The maximum Gasteiger partial charge on any atom is 0.278 e. The molecule has 0 spiro atoms. The molecule has 2 atom stereocenters. The number of aromatic hydroxyl groups is 1. The Morgan fingerprint density at radius 2 is 1.83 bits per heavy atom. The topological polar surface area (TPSA) is 130 Å². The number of para-hydroxylation sites is 1. The van der Waals surface area contributed by atoms with E-state index in [2.05, 4.69) is 0 Å². The Bertz CT molecular complexity index is 587. The SMILES string of the molecule is N[C@H](CC1CCCCC1)C(O)C(=O)N(N)C(=O)c1ccccc1O. The molecule has 0 bridgehead atoms. The molecule has 7 heteroatoms. The van der Waals surface area contributed by atoms with Crippen molar-refractivity contribution in [1.29, 1.82) is 0 Å². The van der Waals surface area contributed by atoms with Gasteiger partial charge in [0, 0.05) is 6.04 Å². The van der Waals surface area contributed by atoms with E-state index in [9.17, 15) is 19.8 Å². The standard InChI is InChI=1S/C17H25N3O4/c18-13(10-11-6-2-1-3-7-11)15(22)17(24)20(19)16(23)12-8-4-5-9-14(12)21/h4-5,8-9,11,13,15,21-22H,1-3,6-7,10,18-19H2/t13-,15?/m1/s1. The van der Waals surface area contributed by atoms with E-state index in [-0.39, 0.29) is 11.3 Å². The van der Waals surface area contributed by atoms with Crippen molar-refractivity contribution in [2.45, 2.75) is 50.7 Å². The third kappa shape index (κ3) is 4.31. The number of hydrogen-bond acceptors (Lipinski definition) is 6. The number of imide groups is 1. The molecule has 2 amide bonds. The Hall–Kier alpha value is -1.96. The molecular weight excluding hydrogens is 310 g/mol. The van der Waals surface area contributed by atoms with Gasteiger partial charge in [-0.25, -0.2) is 10.9 Å². The minimum atomic E-state index is -1.55. The molecule has 1 aromatic rings. The minimum absolute atomic E-state index is 0.110. The number of aliphatic hydroxyl groups is 1. The predicted molar refractivity (Wildman–Crippen MR) is 88.6 cm³/mol. The highest BCUT2D eigenvalue weighted by atomic mass is 16.3. The van der Waals surface area contributed by atoms with Gasteiger partial charge in [0.15, 0.2) is 0 Å². The van der Waals surface area contributed by atoms with Gasteiger partial charge < -0.3 is 15.9 Å². The highest BCUT2D eigenvalue weighted by molar-refractivity contribution is 6.06. The number of carbonyl (C=O) groups excluding carboxylic acids is 2. The number of aliphatic hydroxyl groups excluding tert-OH is 1. The van der Waals surface area contributed by atoms with Crippen molar-refractivity contribution in [1.82, 2.24) is 5.01 Å². The van der Waals surface area contributed by atoms with Gasteiger partial charge in [-0.3, -0.25) is 9.59 Å². The molecule has 132 valence electrons. The molecule has 2 rings (SSSR count). The van der Waals surface area contributed by atoms with E-state index in [1.807, 2.05) is 0 Å². The quantitative estimate of drug-likeness (QED) is 0.359. The Morgan fingerprint density at radius 1 is 1.21 bits per heavy atom. The predicted octanol–water partition coefficient (Wildman–Crippen LogP) is 0.893. The number of phenolic OH excluding ortho intramolecular Hbond substituents is 1. The Labute approximate surface area is 141 Å². The van der Waals surface area contributed by atoms with Crippen molar-refractivity contribution in [3.8, 4) is 5.75 Å². The van der Waals surface area contributed by atoms with Gasteiger partial charge in [0.05, 0.1) is 5.56 Å². The first kappa shape index (κ1) is 18.4. The van der Waals surface area contributed by atoms with Gasteiger partial charge in [0.2, 0.25) is 0 Å². The summed E-state index contributed by atoms with van der Waals surface area (Å²) in [5.41, 5.74) is 5.83. The molecule has 24 heavy (non-hydrogen) atoms. The average molecular weight is 335 g/mol. The number of nitrogens with two attached hydrogens (primary N) is 2. The van der Waals surface area contributed by atoms with Gasteiger partial charge in [-0.1, -0.05) is 44.2 Å². The molecule has 0 saturated heterocycles. The highest BCUT2D eigenvalue weighted by Crippen LogP contribution is 2.27. The third-order valence-electron chi connectivity index (χ3n) is 4.58. The molecule has 1 unspecified atom stereocenters. The number of hydrogen-bond donors (Lipinski definition) is 4.